The molecule has 39 heavy (non-hydrogen) atoms. The van der Waals surface area contributed by atoms with Gasteiger partial charge in [-0.15, -0.1) is 0 Å². The molecule has 0 aliphatic carbocycles. The Kier molecular flexibility index (Phi) is 7.85. The normalized spacial score (nSPS) is 19.3. The molecular formula is C32H39NO5Si. The molecule has 2 atom stereocenters. The minimum absolute atomic E-state index is 0.0115. The number of rotatable bonds is 8. The number of carboxylic acids is 1. The van der Waals surface area contributed by atoms with Crippen molar-refractivity contribution in [2.75, 3.05) is 19.8 Å². The standard InChI is InChI=1S/C32H39NO5Si/c1-22-18-28(29(31(34)35)30-27(22)16-11-17-36-30)37-21-23-19-24(20-33-23)38-39(32(2,3)4,25-12-7-5-8-13-25)26-14-9-6-10-15-26/h5-10,12-15,18,23-24,33H,11,16-17,19-21H2,1-4H3,(H,34,35)/t23-,24+/m1/s1. The van der Waals surface area contributed by atoms with Crippen molar-refractivity contribution in [2.24, 2.45) is 0 Å². The van der Waals surface area contributed by atoms with E-state index in [0.29, 0.717) is 24.7 Å². The number of ether oxygens (including phenoxy) is 2. The van der Waals surface area contributed by atoms with Gasteiger partial charge in [-0.25, -0.2) is 4.79 Å². The fourth-order valence-corrected chi connectivity index (χ4v) is 10.8. The van der Waals surface area contributed by atoms with Gasteiger partial charge in [0.25, 0.3) is 8.32 Å². The van der Waals surface area contributed by atoms with Gasteiger partial charge in [0.1, 0.15) is 23.7 Å². The van der Waals surface area contributed by atoms with E-state index in [2.05, 4.69) is 86.8 Å². The van der Waals surface area contributed by atoms with Crippen LogP contribution in [0.1, 0.15) is 55.1 Å². The van der Waals surface area contributed by atoms with Crippen LogP contribution < -0.4 is 25.2 Å². The Hall–Kier alpha value is -3.13. The highest BCUT2D eigenvalue weighted by molar-refractivity contribution is 6.99. The first-order chi connectivity index (χ1) is 18.7. The third kappa shape index (κ3) is 5.35. The largest absolute Gasteiger partial charge is 0.492 e. The zero-order valence-electron chi connectivity index (χ0n) is 23.3. The van der Waals surface area contributed by atoms with Gasteiger partial charge in [0.2, 0.25) is 0 Å². The Morgan fingerprint density at radius 3 is 2.31 bits per heavy atom. The number of hydrogen-bond acceptors (Lipinski definition) is 5. The van der Waals surface area contributed by atoms with Crippen molar-refractivity contribution in [1.29, 1.82) is 0 Å². The van der Waals surface area contributed by atoms with Gasteiger partial charge >= 0.3 is 5.97 Å². The van der Waals surface area contributed by atoms with E-state index in [0.717, 1.165) is 36.9 Å². The average Bonchev–Trinajstić information content (AvgIpc) is 3.38. The predicted octanol–water partition coefficient (Wildman–Crippen LogP) is 4.70. The Bertz CT molecular complexity index is 1270. The summed E-state index contributed by atoms with van der Waals surface area (Å²) in [5.41, 5.74) is 2.12. The molecule has 0 bridgehead atoms. The van der Waals surface area contributed by atoms with Gasteiger partial charge in [0, 0.05) is 12.6 Å². The van der Waals surface area contributed by atoms with Crippen LogP contribution in [0.15, 0.2) is 66.7 Å². The molecular weight excluding hydrogens is 506 g/mol. The molecule has 2 N–H and O–H groups in total. The second-order valence-corrected chi connectivity index (χ2v) is 15.9. The number of carbonyl (C=O) groups is 1. The van der Waals surface area contributed by atoms with Crippen molar-refractivity contribution in [2.45, 2.75) is 64.1 Å². The number of fused-ring (bicyclic) bond motifs is 1. The quantitative estimate of drug-likeness (QED) is 0.400. The Morgan fingerprint density at radius 1 is 1.08 bits per heavy atom. The van der Waals surface area contributed by atoms with E-state index in [1.54, 1.807) is 0 Å². The average molecular weight is 546 g/mol. The van der Waals surface area contributed by atoms with Crippen molar-refractivity contribution >= 4 is 24.7 Å². The SMILES string of the molecule is Cc1cc(OC[C@H]2C[C@H](O[Si](c3ccccc3)(c3ccccc3)C(C)(C)C)CN2)c(C(=O)O)c2c1CCCO2. The maximum absolute atomic E-state index is 12.2. The van der Waals surface area contributed by atoms with Gasteiger partial charge in [0.15, 0.2) is 0 Å². The molecule has 2 aliphatic rings. The molecule has 6 nitrogen and oxygen atoms in total. The minimum Gasteiger partial charge on any atom is -0.492 e. The second-order valence-electron chi connectivity index (χ2n) is 11.7. The van der Waals surface area contributed by atoms with E-state index in [-0.39, 0.29) is 22.7 Å². The number of aromatic carboxylic acids is 1. The summed E-state index contributed by atoms with van der Waals surface area (Å²) in [6, 6.07) is 23.2. The van der Waals surface area contributed by atoms with Crippen LogP contribution in [-0.2, 0) is 10.8 Å². The molecule has 0 aromatic heterocycles. The lowest BCUT2D eigenvalue weighted by Gasteiger charge is -2.44. The zero-order chi connectivity index (χ0) is 27.6. The molecule has 0 saturated carbocycles. The van der Waals surface area contributed by atoms with Gasteiger partial charge < -0.3 is 24.3 Å². The maximum atomic E-state index is 12.2. The Morgan fingerprint density at radius 2 is 1.72 bits per heavy atom. The molecule has 3 aromatic carbocycles. The highest BCUT2D eigenvalue weighted by Gasteiger charge is 2.52. The number of aryl methyl sites for hydroxylation is 1. The van der Waals surface area contributed by atoms with Gasteiger partial charge in [-0.1, -0.05) is 81.4 Å². The van der Waals surface area contributed by atoms with Crippen molar-refractivity contribution in [3.05, 3.63) is 83.4 Å². The minimum atomic E-state index is -2.65. The lowest BCUT2D eigenvalue weighted by Crippen LogP contribution is -2.67. The van der Waals surface area contributed by atoms with Gasteiger partial charge in [-0.3, -0.25) is 0 Å². The first kappa shape index (κ1) is 27.4. The number of hydrogen-bond donors (Lipinski definition) is 2. The van der Waals surface area contributed by atoms with E-state index >= 15 is 0 Å². The summed E-state index contributed by atoms with van der Waals surface area (Å²) in [6.45, 7) is 10.5. The van der Waals surface area contributed by atoms with Crippen molar-refractivity contribution in [3.63, 3.8) is 0 Å². The fourth-order valence-electron chi connectivity index (χ4n) is 6.14. The first-order valence-corrected chi connectivity index (χ1v) is 15.8. The molecule has 5 rings (SSSR count). The van der Waals surface area contributed by atoms with E-state index in [1.165, 1.54) is 10.4 Å². The topological polar surface area (TPSA) is 77.0 Å². The molecule has 206 valence electrons. The molecule has 1 fully saturated rings. The third-order valence-corrected chi connectivity index (χ3v) is 13.1. The zero-order valence-corrected chi connectivity index (χ0v) is 24.3. The van der Waals surface area contributed by atoms with Crippen LogP contribution in [0.4, 0.5) is 0 Å². The van der Waals surface area contributed by atoms with Crippen LogP contribution in [0, 0.1) is 6.92 Å². The van der Waals surface area contributed by atoms with Crippen LogP contribution in [0.3, 0.4) is 0 Å². The second kappa shape index (κ2) is 11.2. The Balaban J connectivity index is 1.37. The van der Waals surface area contributed by atoms with Crippen LogP contribution in [0.2, 0.25) is 5.04 Å². The molecule has 1 saturated heterocycles. The number of benzene rings is 3. The van der Waals surface area contributed by atoms with Crippen LogP contribution >= 0.6 is 0 Å². The van der Waals surface area contributed by atoms with Crippen LogP contribution in [0.5, 0.6) is 11.5 Å². The van der Waals surface area contributed by atoms with E-state index in [1.807, 2.05) is 13.0 Å². The summed E-state index contributed by atoms with van der Waals surface area (Å²) in [5.74, 6) is -0.176. The lowest BCUT2D eigenvalue weighted by atomic mass is 9.96. The molecule has 2 heterocycles. The monoisotopic (exact) mass is 545 g/mol. The molecule has 0 spiro atoms. The summed E-state index contributed by atoms with van der Waals surface area (Å²) < 4.78 is 19.3. The summed E-state index contributed by atoms with van der Waals surface area (Å²) in [5, 5.41) is 16.0. The van der Waals surface area contributed by atoms with Crippen molar-refractivity contribution in [3.8, 4) is 11.5 Å². The van der Waals surface area contributed by atoms with Crippen molar-refractivity contribution < 1.29 is 23.8 Å². The fraction of sp³-hybridized carbons (Fsp3) is 0.406. The number of carboxylic acid groups (broad SMARTS) is 1. The predicted molar refractivity (Wildman–Crippen MR) is 156 cm³/mol. The van der Waals surface area contributed by atoms with E-state index in [4.69, 9.17) is 13.9 Å². The smallest absolute Gasteiger partial charge is 0.343 e. The lowest BCUT2D eigenvalue weighted by molar-refractivity contribution is 0.0685. The molecule has 0 amide bonds. The maximum Gasteiger partial charge on any atom is 0.343 e. The molecule has 0 unspecified atom stereocenters. The van der Waals surface area contributed by atoms with Gasteiger partial charge in [0.05, 0.1) is 12.7 Å². The first-order valence-electron chi connectivity index (χ1n) is 13.9. The summed E-state index contributed by atoms with van der Waals surface area (Å²) in [6.07, 6.45) is 2.52. The van der Waals surface area contributed by atoms with Gasteiger partial charge in [-0.05, 0) is 58.8 Å². The molecule has 0 radical (unpaired) electrons. The highest BCUT2D eigenvalue weighted by Crippen LogP contribution is 2.40. The highest BCUT2D eigenvalue weighted by atomic mass is 28.4. The van der Waals surface area contributed by atoms with Gasteiger partial charge in [-0.2, -0.15) is 0 Å². The Labute approximate surface area is 232 Å². The van der Waals surface area contributed by atoms with Crippen molar-refractivity contribution in [1.82, 2.24) is 5.32 Å². The summed E-state index contributed by atoms with van der Waals surface area (Å²) in [4.78, 5) is 12.2. The number of nitrogens with one attached hydrogen (secondary N) is 1. The summed E-state index contributed by atoms with van der Waals surface area (Å²) in [7, 11) is -2.65. The molecule has 7 heteroatoms. The van der Waals surface area contributed by atoms with Crippen LogP contribution in [-0.4, -0.2) is 51.3 Å². The van der Waals surface area contributed by atoms with E-state index < -0.39 is 14.3 Å². The third-order valence-electron chi connectivity index (χ3n) is 7.98. The molecule has 3 aromatic rings. The van der Waals surface area contributed by atoms with E-state index in [9.17, 15) is 9.90 Å². The van der Waals surface area contributed by atoms with Crippen LogP contribution in [0.25, 0.3) is 0 Å². The summed E-state index contributed by atoms with van der Waals surface area (Å²) >= 11 is 0. The molecule has 2 aliphatic heterocycles.